The van der Waals surface area contributed by atoms with E-state index in [0.717, 1.165) is 0 Å². The molecule has 0 aliphatic heterocycles. The minimum atomic E-state index is -0.274. The van der Waals surface area contributed by atoms with Crippen LogP contribution in [-0.2, 0) is 9.59 Å². The fourth-order valence-corrected chi connectivity index (χ4v) is 1.46. The lowest BCUT2D eigenvalue weighted by Crippen LogP contribution is -2.34. The zero-order valence-electron chi connectivity index (χ0n) is 12.8. The lowest BCUT2D eigenvalue weighted by Gasteiger charge is -2.16. The van der Waals surface area contributed by atoms with Crippen LogP contribution < -0.4 is 16.4 Å². The highest BCUT2D eigenvalue weighted by Crippen LogP contribution is 2.17. The summed E-state index contributed by atoms with van der Waals surface area (Å²) < 4.78 is 0. The minimum absolute atomic E-state index is 0. The number of nitrogens with two attached hydrogens (primary N) is 1. The number of anilines is 2. The fraction of sp³-hybridized carbons (Fsp3) is 0.467. The molecule has 0 heterocycles. The molecule has 0 radical (unpaired) electrons. The SMILES string of the molecule is CC(C)C(=O)Nc1cccc(NC(=O)C(C)C(C)N)c1.Cl. The van der Waals surface area contributed by atoms with Crippen LogP contribution in [0.4, 0.5) is 11.4 Å². The van der Waals surface area contributed by atoms with Crippen molar-refractivity contribution >= 4 is 35.6 Å². The maximum absolute atomic E-state index is 11.9. The summed E-state index contributed by atoms with van der Waals surface area (Å²) >= 11 is 0. The standard InChI is InChI=1S/C15H23N3O2.ClH/c1-9(2)14(19)17-12-6-5-7-13(8-12)18-15(20)10(3)11(4)16;/h5-11H,16H2,1-4H3,(H,17,19)(H,18,20);1H. The molecule has 21 heavy (non-hydrogen) atoms. The molecule has 0 aliphatic rings. The molecule has 1 aromatic rings. The predicted octanol–water partition coefficient (Wildman–Crippen LogP) is 2.62. The quantitative estimate of drug-likeness (QED) is 0.781. The summed E-state index contributed by atoms with van der Waals surface area (Å²) in [5.41, 5.74) is 7.01. The van der Waals surface area contributed by atoms with Crippen molar-refractivity contribution in [2.45, 2.75) is 33.7 Å². The summed E-state index contributed by atoms with van der Waals surface area (Å²) in [6.07, 6.45) is 0. The number of hydrogen-bond acceptors (Lipinski definition) is 3. The third-order valence-electron chi connectivity index (χ3n) is 3.12. The second kappa shape index (κ2) is 8.64. The van der Waals surface area contributed by atoms with Crippen LogP contribution in [0.3, 0.4) is 0 Å². The van der Waals surface area contributed by atoms with Crippen LogP contribution in [-0.4, -0.2) is 17.9 Å². The van der Waals surface area contributed by atoms with Crippen LogP contribution in [0.15, 0.2) is 24.3 Å². The summed E-state index contributed by atoms with van der Waals surface area (Å²) in [6.45, 7) is 7.23. The maximum Gasteiger partial charge on any atom is 0.228 e. The molecule has 1 rings (SSSR count). The highest BCUT2D eigenvalue weighted by Gasteiger charge is 2.17. The maximum atomic E-state index is 11.9. The molecule has 0 bridgehead atoms. The Hall–Kier alpha value is -1.59. The van der Waals surface area contributed by atoms with E-state index in [1.165, 1.54) is 0 Å². The van der Waals surface area contributed by atoms with Crippen LogP contribution in [0.25, 0.3) is 0 Å². The van der Waals surface area contributed by atoms with Crippen molar-refractivity contribution in [3.8, 4) is 0 Å². The molecule has 0 aromatic heterocycles. The van der Waals surface area contributed by atoms with Crippen LogP contribution in [0.2, 0.25) is 0 Å². The molecule has 2 amide bonds. The topological polar surface area (TPSA) is 84.2 Å². The van der Waals surface area contributed by atoms with Gasteiger partial charge in [0.25, 0.3) is 0 Å². The Morgan fingerprint density at radius 2 is 1.48 bits per heavy atom. The molecule has 118 valence electrons. The third kappa shape index (κ3) is 6.14. The van der Waals surface area contributed by atoms with E-state index >= 15 is 0 Å². The molecule has 6 heteroatoms. The number of rotatable bonds is 5. The van der Waals surface area contributed by atoms with Gasteiger partial charge in [0.05, 0.1) is 5.92 Å². The van der Waals surface area contributed by atoms with Gasteiger partial charge in [-0.1, -0.05) is 26.8 Å². The zero-order valence-corrected chi connectivity index (χ0v) is 13.7. The second-order valence-electron chi connectivity index (χ2n) is 5.36. The van der Waals surface area contributed by atoms with E-state index < -0.39 is 0 Å². The monoisotopic (exact) mass is 313 g/mol. The molecule has 0 saturated heterocycles. The normalized spacial score (nSPS) is 13.0. The van der Waals surface area contributed by atoms with Crippen molar-refractivity contribution < 1.29 is 9.59 Å². The number of amides is 2. The van der Waals surface area contributed by atoms with Crippen molar-refractivity contribution in [3.63, 3.8) is 0 Å². The third-order valence-corrected chi connectivity index (χ3v) is 3.12. The van der Waals surface area contributed by atoms with Crippen molar-refractivity contribution in [1.29, 1.82) is 0 Å². The fourth-order valence-electron chi connectivity index (χ4n) is 1.46. The van der Waals surface area contributed by atoms with Crippen molar-refractivity contribution in [2.24, 2.45) is 17.6 Å². The first-order valence-corrected chi connectivity index (χ1v) is 6.78. The molecular weight excluding hydrogens is 290 g/mol. The number of hydrogen-bond donors (Lipinski definition) is 3. The smallest absolute Gasteiger partial charge is 0.228 e. The number of benzene rings is 1. The van der Waals surface area contributed by atoms with Gasteiger partial charge in [-0.05, 0) is 25.1 Å². The summed E-state index contributed by atoms with van der Waals surface area (Å²) in [5, 5.41) is 5.59. The van der Waals surface area contributed by atoms with Gasteiger partial charge in [-0.25, -0.2) is 0 Å². The summed E-state index contributed by atoms with van der Waals surface area (Å²) in [6, 6.07) is 6.86. The van der Waals surface area contributed by atoms with E-state index in [1.54, 1.807) is 38.1 Å². The lowest BCUT2D eigenvalue weighted by atomic mass is 10.0. The molecule has 2 unspecified atom stereocenters. The Bertz CT molecular complexity index is 490. The van der Waals surface area contributed by atoms with E-state index in [4.69, 9.17) is 5.73 Å². The second-order valence-corrected chi connectivity index (χ2v) is 5.36. The molecule has 0 saturated carbocycles. The van der Waals surface area contributed by atoms with Gasteiger partial charge in [0.15, 0.2) is 0 Å². The van der Waals surface area contributed by atoms with Gasteiger partial charge < -0.3 is 16.4 Å². The molecule has 0 aliphatic carbocycles. The zero-order chi connectivity index (χ0) is 15.3. The average Bonchev–Trinajstić information content (AvgIpc) is 2.37. The average molecular weight is 314 g/mol. The van der Waals surface area contributed by atoms with Crippen LogP contribution in [0.1, 0.15) is 27.7 Å². The van der Waals surface area contributed by atoms with E-state index in [0.29, 0.717) is 11.4 Å². The Labute approximate surface area is 132 Å². The van der Waals surface area contributed by atoms with Crippen molar-refractivity contribution in [1.82, 2.24) is 0 Å². The van der Waals surface area contributed by atoms with Gasteiger partial charge in [-0.3, -0.25) is 9.59 Å². The van der Waals surface area contributed by atoms with Gasteiger partial charge in [-0.15, -0.1) is 12.4 Å². The van der Waals surface area contributed by atoms with Gasteiger partial charge in [0.2, 0.25) is 11.8 Å². The van der Waals surface area contributed by atoms with E-state index in [9.17, 15) is 9.59 Å². The van der Waals surface area contributed by atoms with Crippen LogP contribution in [0.5, 0.6) is 0 Å². The largest absolute Gasteiger partial charge is 0.327 e. The predicted molar refractivity (Wildman–Crippen MR) is 88.6 cm³/mol. The van der Waals surface area contributed by atoms with Crippen molar-refractivity contribution in [2.75, 3.05) is 10.6 Å². The molecule has 0 fully saturated rings. The molecule has 1 aromatic carbocycles. The Morgan fingerprint density at radius 3 is 1.90 bits per heavy atom. The number of nitrogens with one attached hydrogen (secondary N) is 2. The number of carbonyl (C=O) groups excluding carboxylic acids is 2. The first kappa shape index (κ1) is 19.4. The highest BCUT2D eigenvalue weighted by atomic mass is 35.5. The van der Waals surface area contributed by atoms with Gasteiger partial charge >= 0.3 is 0 Å². The molecule has 5 nitrogen and oxygen atoms in total. The molecule has 4 N–H and O–H groups in total. The van der Waals surface area contributed by atoms with E-state index in [1.807, 2.05) is 13.8 Å². The van der Waals surface area contributed by atoms with Crippen molar-refractivity contribution in [3.05, 3.63) is 24.3 Å². The summed E-state index contributed by atoms with van der Waals surface area (Å²) in [5.74, 6) is -0.556. The highest BCUT2D eigenvalue weighted by molar-refractivity contribution is 5.95. The van der Waals surface area contributed by atoms with Crippen LogP contribution in [0, 0.1) is 11.8 Å². The number of halogens is 1. The summed E-state index contributed by atoms with van der Waals surface area (Å²) in [4.78, 5) is 23.5. The summed E-state index contributed by atoms with van der Waals surface area (Å²) in [7, 11) is 0. The van der Waals surface area contributed by atoms with E-state index in [2.05, 4.69) is 10.6 Å². The van der Waals surface area contributed by atoms with E-state index in [-0.39, 0.29) is 42.1 Å². The molecule has 2 atom stereocenters. The van der Waals surface area contributed by atoms with Gasteiger partial charge in [-0.2, -0.15) is 0 Å². The minimum Gasteiger partial charge on any atom is -0.327 e. The van der Waals surface area contributed by atoms with Gasteiger partial charge in [0.1, 0.15) is 0 Å². The Kier molecular flexibility index (Phi) is 7.99. The number of carbonyl (C=O) groups is 2. The Balaban J connectivity index is 0.00000400. The lowest BCUT2D eigenvalue weighted by molar-refractivity contribution is -0.120. The molecular formula is C15H24ClN3O2. The molecule has 0 spiro atoms. The first-order chi connectivity index (χ1) is 9.31. The Morgan fingerprint density at radius 1 is 1.00 bits per heavy atom. The van der Waals surface area contributed by atoms with Crippen LogP contribution >= 0.6 is 12.4 Å². The first-order valence-electron chi connectivity index (χ1n) is 6.78. The van der Waals surface area contributed by atoms with Gasteiger partial charge in [0, 0.05) is 23.3 Å².